The summed E-state index contributed by atoms with van der Waals surface area (Å²) in [5.74, 6) is -4.27. The normalized spacial score (nSPS) is 11.9. The van der Waals surface area contributed by atoms with Crippen molar-refractivity contribution in [1.29, 1.82) is 0 Å². The molecule has 4 aromatic rings. The van der Waals surface area contributed by atoms with Gasteiger partial charge in [0.05, 0.1) is 5.69 Å². The summed E-state index contributed by atoms with van der Waals surface area (Å²) in [5.41, 5.74) is 11.0. The van der Waals surface area contributed by atoms with E-state index in [0.29, 0.717) is 6.54 Å². The fourth-order valence-corrected chi connectivity index (χ4v) is 4.13. The number of nitrogens with one attached hydrogen (secondary N) is 2. The largest absolute Gasteiger partial charge is 0.490 e. The standard InChI is InChI=1S/C25H23BrN4O3.C2HF3O2/c26-18-12-19-22(23(30-24(19)29-14-18)17-4-2-1-3-5-17)16-8-6-15(7-9-16)13-28-20(25(32)33)10-11-21(27)31;3-2(4,5)1(6)7/h1-9,12,14,20,28H,10-11,13H2,(H2,27,31)(H,29,30)(H,32,33);(H,6,7)/t20-;/m0./s1. The minimum absolute atomic E-state index is 0.0231. The van der Waals surface area contributed by atoms with Crippen molar-refractivity contribution in [2.45, 2.75) is 31.6 Å². The summed E-state index contributed by atoms with van der Waals surface area (Å²) in [6, 6.07) is 19.3. The molecule has 0 fully saturated rings. The summed E-state index contributed by atoms with van der Waals surface area (Å²) in [6.45, 7) is 0.364. The highest BCUT2D eigenvalue weighted by Gasteiger charge is 2.38. The maximum Gasteiger partial charge on any atom is 0.490 e. The molecule has 40 heavy (non-hydrogen) atoms. The van der Waals surface area contributed by atoms with Gasteiger partial charge in [-0.15, -0.1) is 0 Å². The maximum absolute atomic E-state index is 11.4. The van der Waals surface area contributed by atoms with Crippen LogP contribution in [0.25, 0.3) is 33.4 Å². The van der Waals surface area contributed by atoms with Crippen LogP contribution < -0.4 is 11.1 Å². The van der Waals surface area contributed by atoms with Crippen molar-refractivity contribution in [2.75, 3.05) is 0 Å². The number of H-pyrrole nitrogens is 1. The predicted octanol–water partition coefficient (Wildman–Crippen LogP) is 5.10. The van der Waals surface area contributed by atoms with Crippen molar-refractivity contribution in [3.63, 3.8) is 0 Å². The number of carboxylic acids is 2. The number of nitrogens with two attached hydrogens (primary N) is 1. The van der Waals surface area contributed by atoms with Crippen molar-refractivity contribution >= 4 is 44.8 Å². The van der Waals surface area contributed by atoms with Crippen LogP contribution in [-0.2, 0) is 20.9 Å². The number of benzene rings is 2. The molecule has 0 aliphatic heterocycles. The first-order valence-electron chi connectivity index (χ1n) is 11.7. The Morgan fingerprint density at radius 3 is 2.20 bits per heavy atom. The molecule has 0 saturated heterocycles. The monoisotopic (exact) mass is 620 g/mol. The topological polar surface area (TPSA) is 158 Å². The van der Waals surface area contributed by atoms with E-state index in [-0.39, 0.29) is 12.8 Å². The summed E-state index contributed by atoms with van der Waals surface area (Å²) >= 11 is 3.52. The first-order valence-corrected chi connectivity index (χ1v) is 12.5. The molecular formula is C27H24BrF3N4O5. The zero-order valence-corrected chi connectivity index (χ0v) is 22.3. The van der Waals surface area contributed by atoms with E-state index in [0.717, 1.165) is 43.5 Å². The summed E-state index contributed by atoms with van der Waals surface area (Å²) in [4.78, 5) is 39.3. The van der Waals surface area contributed by atoms with Crippen molar-refractivity contribution < 1.29 is 37.8 Å². The van der Waals surface area contributed by atoms with E-state index in [9.17, 15) is 27.9 Å². The van der Waals surface area contributed by atoms with Gasteiger partial charge >= 0.3 is 18.1 Å². The molecular weight excluding hydrogens is 597 g/mol. The Balaban J connectivity index is 0.000000559. The highest BCUT2D eigenvalue weighted by atomic mass is 79.9. The van der Waals surface area contributed by atoms with Crippen LogP contribution in [0.5, 0.6) is 0 Å². The van der Waals surface area contributed by atoms with Gasteiger partial charge in [-0.2, -0.15) is 13.2 Å². The van der Waals surface area contributed by atoms with Crippen LogP contribution in [0.2, 0.25) is 0 Å². The Kier molecular flexibility index (Phi) is 10.0. The van der Waals surface area contributed by atoms with Crippen molar-refractivity contribution in [3.8, 4) is 22.4 Å². The number of aromatic nitrogens is 2. The first kappa shape index (κ1) is 30.3. The maximum atomic E-state index is 11.4. The SMILES string of the molecule is NC(=O)CC[C@H](NCc1ccc(-c2c(-c3ccccc3)[nH]c3ncc(Br)cc23)cc1)C(=O)O.O=C(O)C(F)(F)F. The number of primary amides is 1. The molecule has 1 atom stereocenters. The molecule has 1 amide bonds. The molecule has 0 aliphatic carbocycles. The lowest BCUT2D eigenvalue weighted by Crippen LogP contribution is -2.37. The number of halogens is 4. The average Bonchev–Trinajstić information content (AvgIpc) is 3.27. The van der Waals surface area contributed by atoms with Crippen LogP contribution in [0.3, 0.4) is 0 Å². The number of carbonyl (C=O) groups is 3. The number of nitrogens with zero attached hydrogens (tertiary/aromatic N) is 1. The van der Waals surface area contributed by atoms with E-state index in [1.54, 1.807) is 6.20 Å². The van der Waals surface area contributed by atoms with Crippen molar-refractivity contribution in [2.24, 2.45) is 5.73 Å². The number of alkyl halides is 3. The highest BCUT2D eigenvalue weighted by molar-refractivity contribution is 9.10. The van der Waals surface area contributed by atoms with Gasteiger partial charge in [-0.25, -0.2) is 9.78 Å². The molecule has 0 spiro atoms. The molecule has 2 aromatic heterocycles. The molecule has 0 bridgehead atoms. The van der Waals surface area contributed by atoms with Gasteiger partial charge in [-0.1, -0.05) is 54.6 Å². The minimum atomic E-state index is -5.08. The van der Waals surface area contributed by atoms with Gasteiger partial charge in [0.25, 0.3) is 0 Å². The molecule has 0 aliphatic rings. The van der Waals surface area contributed by atoms with E-state index in [1.807, 2.05) is 48.5 Å². The zero-order valence-electron chi connectivity index (χ0n) is 20.7. The number of hydrogen-bond donors (Lipinski definition) is 5. The minimum Gasteiger partial charge on any atom is -0.480 e. The van der Waals surface area contributed by atoms with Gasteiger partial charge in [-0.05, 0) is 45.1 Å². The third kappa shape index (κ3) is 8.13. The van der Waals surface area contributed by atoms with Crippen molar-refractivity contribution in [3.05, 3.63) is 76.9 Å². The summed E-state index contributed by atoms with van der Waals surface area (Å²) in [6.07, 6.45) is -3.14. The van der Waals surface area contributed by atoms with Crippen LogP contribution in [0, 0.1) is 0 Å². The molecule has 2 aromatic carbocycles. The van der Waals surface area contributed by atoms with E-state index in [4.69, 9.17) is 15.6 Å². The number of carbonyl (C=O) groups excluding carboxylic acids is 1. The van der Waals surface area contributed by atoms with Crippen LogP contribution >= 0.6 is 15.9 Å². The second-order valence-electron chi connectivity index (χ2n) is 8.57. The molecule has 210 valence electrons. The molecule has 4 rings (SSSR count). The number of rotatable bonds is 9. The lowest BCUT2D eigenvalue weighted by Gasteiger charge is -2.14. The summed E-state index contributed by atoms with van der Waals surface area (Å²) in [7, 11) is 0. The Morgan fingerprint density at radius 1 is 1.02 bits per heavy atom. The van der Waals surface area contributed by atoms with E-state index < -0.39 is 30.1 Å². The quantitative estimate of drug-likeness (QED) is 0.174. The molecule has 0 unspecified atom stereocenters. The predicted molar refractivity (Wildman–Crippen MR) is 145 cm³/mol. The van der Waals surface area contributed by atoms with E-state index >= 15 is 0 Å². The Hall–Kier alpha value is -4.23. The highest BCUT2D eigenvalue weighted by Crippen LogP contribution is 2.38. The second kappa shape index (κ2) is 13.2. The van der Waals surface area contributed by atoms with Gasteiger partial charge in [-0.3, -0.25) is 9.59 Å². The second-order valence-corrected chi connectivity index (χ2v) is 9.48. The smallest absolute Gasteiger partial charge is 0.480 e. The third-order valence-electron chi connectivity index (χ3n) is 5.69. The van der Waals surface area contributed by atoms with Crippen molar-refractivity contribution in [1.82, 2.24) is 15.3 Å². The van der Waals surface area contributed by atoms with Crippen LogP contribution in [0.4, 0.5) is 13.2 Å². The average molecular weight is 621 g/mol. The lowest BCUT2D eigenvalue weighted by molar-refractivity contribution is -0.192. The number of pyridine rings is 1. The van der Waals surface area contributed by atoms with Crippen LogP contribution in [0.1, 0.15) is 18.4 Å². The van der Waals surface area contributed by atoms with Gasteiger partial charge in [0, 0.05) is 34.6 Å². The fraction of sp³-hybridized carbons (Fsp3) is 0.185. The number of hydrogen-bond acceptors (Lipinski definition) is 5. The summed E-state index contributed by atoms with van der Waals surface area (Å²) < 4.78 is 32.6. The molecule has 0 radical (unpaired) electrons. The molecule has 0 saturated carbocycles. The number of amides is 1. The Morgan fingerprint density at radius 2 is 1.65 bits per heavy atom. The first-order chi connectivity index (χ1) is 18.9. The third-order valence-corrected chi connectivity index (χ3v) is 6.13. The van der Waals surface area contributed by atoms with Gasteiger partial charge in [0.1, 0.15) is 11.7 Å². The molecule has 13 heteroatoms. The van der Waals surface area contributed by atoms with Gasteiger partial charge in [0.2, 0.25) is 5.91 Å². The molecule has 9 nitrogen and oxygen atoms in total. The number of fused-ring (bicyclic) bond motifs is 1. The number of aromatic amines is 1. The lowest BCUT2D eigenvalue weighted by atomic mass is 9.98. The fourth-order valence-electron chi connectivity index (χ4n) is 3.80. The van der Waals surface area contributed by atoms with Crippen LogP contribution in [0.15, 0.2) is 71.3 Å². The Bertz CT molecular complexity index is 1490. The van der Waals surface area contributed by atoms with Crippen LogP contribution in [-0.4, -0.2) is 50.2 Å². The van der Waals surface area contributed by atoms with E-state index in [2.05, 4.69) is 43.3 Å². The summed E-state index contributed by atoms with van der Waals surface area (Å²) in [5, 5.41) is 20.5. The molecule has 6 N–H and O–H groups in total. The zero-order chi connectivity index (χ0) is 29.4. The number of aliphatic carboxylic acids is 2. The number of carboxylic acid groups (broad SMARTS) is 2. The molecule has 2 heterocycles. The van der Waals surface area contributed by atoms with E-state index in [1.165, 1.54) is 0 Å². The Labute approximate surface area is 234 Å². The van der Waals surface area contributed by atoms with Gasteiger partial charge < -0.3 is 26.2 Å². The van der Waals surface area contributed by atoms with Gasteiger partial charge in [0.15, 0.2) is 0 Å².